The van der Waals surface area contributed by atoms with Crippen LogP contribution >= 0.6 is 0 Å². The second-order valence-electron chi connectivity index (χ2n) is 7.52. The summed E-state index contributed by atoms with van der Waals surface area (Å²) in [6, 6.07) is 17.1. The highest BCUT2D eigenvalue weighted by atomic mass is 16.5. The number of ether oxygens (including phenoxy) is 1. The minimum atomic E-state index is -0.376. The van der Waals surface area contributed by atoms with Crippen LogP contribution in [0.25, 0.3) is 0 Å². The molecule has 160 valence electrons. The maximum Gasteiger partial charge on any atom is 0.259 e. The van der Waals surface area contributed by atoms with Crippen LogP contribution in [0, 0.1) is 0 Å². The van der Waals surface area contributed by atoms with Crippen molar-refractivity contribution in [1.29, 1.82) is 0 Å². The lowest BCUT2D eigenvalue weighted by atomic mass is 10.1. The van der Waals surface area contributed by atoms with E-state index < -0.39 is 0 Å². The normalized spacial score (nSPS) is 15.6. The quantitative estimate of drug-likeness (QED) is 0.610. The summed E-state index contributed by atoms with van der Waals surface area (Å²) >= 11 is 0. The van der Waals surface area contributed by atoms with Crippen LogP contribution in [0.5, 0.6) is 0 Å². The molecule has 7 nitrogen and oxygen atoms in total. The van der Waals surface area contributed by atoms with Gasteiger partial charge >= 0.3 is 0 Å². The van der Waals surface area contributed by atoms with E-state index in [1.807, 2.05) is 41.9 Å². The minimum absolute atomic E-state index is 0.132. The molecule has 7 heteroatoms. The van der Waals surface area contributed by atoms with Gasteiger partial charge in [0, 0.05) is 18.0 Å². The van der Waals surface area contributed by atoms with E-state index in [-0.39, 0.29) is 17.9 Å². The summed E-state index contributed by atoms with van der Waals surface area (Å²) < 4.78 is 7.27. The van der Waals surface area contributed by atoms with Gasteiger partial charge in [-0.3, -0.25) is 14.3 Å². The molecule has 3 aromatic rings. The Labute approximate surface area is 181 Å². The van der Waals surface area contributed by atoms with Gasteiger partial charge in [0.15, 0.2) is 0 Å². The van der Waals surface area contributed by atoms with Crippen LogP contribution < -0.4 is 10.6 Å². The summed E-state index contributed by atoms with van der Waals surface area (Å²) in [5, 5.41) is 10.2. The average Bonchev–Trinajstić information content (AvgIpc) is 3.46. The van der Waals surface area contributed by atoms with E-state index in [1.165, 1.54) is 0 Å². The fourth-order valence-electron chi connectivity index (χ4n) is 3.71. The number of hydrogen-bond acceptors (Lipinski definition) is 4. The van der Waals surface area contributed by atoms with Crippen LogP contribution in [0.4, 0.5) is 11.4 Å². The molecule has 1 atom stereocenters. The molecule has 2 amide bonds. The summed E-state index contributed by atoms with van der Waals surface area (Å²) in [7, 11) is 0. The Morgan fingerprint density at radius 3 is 2.42 bits per heavy atom. The molecule has 2 N–H and O–H groups in total. The summed E-state index contributed by atoms with van der Waals surface area (Å²) in [5.41, 5.74) is 3.91. The van der Waals surface area contributed by atoms with Crippen molar-refractivity contribution >= 4 is 23.2 Å². The van der Waals surface area contributed by atoms with Crippen molar-refractivity contribution in [2.24, 2.45) is 0 Å². The predicted molar refractivity (Wildman–Crippen MR) is 119 cm³/mol. The van der Waals surface area contributed by atoms with Gasteiger partial charge in [0.2, 0.25) is 0 Å². The van der Waals surface area contributed by atoms with E-state index in [1.54, 1.807) is 30.5 Å². The zero-order valence-electron chi connectivity index (χ0n) is 17.5. The molecular weight excluding hydrogens is 392 g/mol. The lowest BCUT2D eigenvalue weighted by Crippen LogP contribution is -2.26. The molecule has 1 saturated heterocycles. The maximum atomic E-state index is 12.8. The SMILES string of the molecule is CCc1c(C(=O)Nc2ccc(NC(=O)C3CCCO3)cc2)cnn1Cc1ccccc1. The van der Waals surface area contributed by atoms with Gasteiger partial charge in [-0.2, -0.15) is 5.10 Å². The predicted octanol–water partition coefficient (Wildman–Crippen LogP) is 3.86. The van der Waals surface area contributed by atoms with E-state index in [4.69, 9.17) is 4.74 Å². The minimum Gasteiger partial charge on any atom is -0.368 e. The van der Waals surface area contributed by atoms with Gasteiger partial charge in [0.25, 0.3) is 11.8 Å². The van der Waals surface area contributed by atoms with Crippen molar-refractivity contribution in [3.63, 3.8) is 0 Å². The molecule has 1 aliphatic rings. The second kappa shape index (κ2) is 9.57. The first-order chi connectivity index (χ1) is 15.1. The van der Waals surface area contributed by atoms with Crippen LogP contribution in [0.3, 0.4) is 0 Å². The number of anilines is 2. The van der Waals surface area contributed by atoms with Crippen molar-refractivity contribution in [3.05, 3.63) is 77.6 Å². The third-order valence-corrected chi connectivity index (χ3v) is 5.34. The van der Waals surface area contributed by atoms with Gasteiger partial charge in [-0.25, -0.2) is 0 Å². The molecule has 0 saturated carbocycles. The molecule has 1 fully saturated rings. The molecule has 0 radical (unpaired) electrons. The van der Waals surface area contributed by atoms with Gasteiger partial charge in [-0.05, 0) is 49.1 Å². The fourth-order valence-corrected chi connectivity index (χ4v) is 3.71. The van der Waals surface area contributed by atoms with Gasteiger partial charge in [0.05, 0.1) is 24.0 Å². The Bertz CT molecular complexity index is 1040. The van der Waals surface area contributed by atoms with Gasteiger partial charge in [0.1, 0.15) is 6.10 Å². The lowest BCUT2D eigenvalue weighted by Gasteiger charge is -2.11. The van der Waals surface area contributed by atoms with Crippen molar-refractivity contribution < 1.29 is 14.3 Å². The molecule has 1 aliphatic heterocycles. The largest absolute Gasteiger partial charge is 0.368 e. The standard InChI is InChI=1S/C24H26N4O3/c1-2-21-20(15-25-28(21)16-17-7-4-3-5-8-17)23(29)26-18-10-12-19(13-11-18)27-24(30)22-9-6-14-31-22/h3-5,7-8,10-13,15,22H,2,6,9,14,16H2,1H3,(H,26,29)(H,27,30). The van der Waals surface area contributed by atoms with Gasteiger partial charge in [-0.1, -0.05) is 37.3 Å². The molecule has 4 rings (SSSR count). The van der Waals surface area contributed by atoms with E-state index in [9.17, 15) is 9.59 Å². The maximum absolute atomic E-state index is 12.8. The Balaban J connectivity index is 1.40. The van der Waals surface area contributed by atoms with Crippen LogP contribution in [0.1, 0.15) is 41.4 Å². The fraction of sp³-hybridized carbons (Fsp3) is 0.292. The second-order valence-corrected chi connectivity index (χ2v) is 7.52. The Kier molecular flexibility index (Phi) is 6.43. The number of nitrogens with zero attached hydrogens (tertiary/aromatic N) is 2. The first-order valence-corrected chi connectivity index (χ1v) is 10.6. The lowest BCUT2D eigenvalue weighted by molar-refractivity contribution is -0.124. The first kappa shape index (κ1) is 20.8. The molecule has 0 aliphatic carbocycles. The van der Waals surface area contributed by atoms with E-state index in [0.717, 1.165) is 24.1 Å². The molecule has 1 unspecified atom stereocenters. The molecular formula is C24H26N4O3. The molecule has 31 heavy (non-hydrogen) atoms. The third-order valence-electron chi connectivity index (χ3n) is 5.34. The van der Waals surface area contributed by atoms with E-state index in [2.05, 4.69) is 15.7 Å². The number of carbonyl (C=O) groups is 2. The smallest absolute Gasteiger partial charge is 0.259 e. The number of benzene rings is 2. The van der Waals surface area contributed by atoms with Crippen molar-refractivity contribution in [1.82, 2.24) is 9.78 Å². The van der Waals surface area contributed by atoms with Crippen LogP contribution in [0.2, 0.25) is 0 Å². The topological polar surface area (TPSA) is 85.2 Å². The van der Waals surface area contributed by atoms with Crippen molar-refractivity contribution in [2.45, 2.75) is 38.8 Å². The number of hydrogen-bond donors (Lipinski definition) is 2. The molecule has 0 spiro atoms. The Morgan fingerprint density at radius 2 is 1.77 bits per heavy atom. The van der Waals surface area contributed by atoms with Gasteiger partial charge < -0.3 is 15.4 Å². The summed E-state index contributed by atoms with van der Waals surface area (Å²) in [6.45, 7) is 3.27. The number of carbonyl (C=O) groups excluding carboxylic acids is 2. The molecule has 2 aromatic carbocycles. The zero-order valence-corrected chi connectivity index (χ0v) is 17.5. The molecule has 2 heterocycles. The number of amides is 2. The van der Waals surface area contributed by atoms with E-state index in [0.29, 0.717) is 36.5 Å². The monoisotopic (exact) mass is 418 g/mol. The van der Waals surface area contributed by atoms with Crippen molar-refractivity contribution in [2.75, 3.05) is 17.2 Å². The van der Waals surface area contributed by atoms with Crippen LogP contribution in [-0.2, 0) is 22.5 Å². The van der Waals surface area contributed by atoms with Gasteiger partial charge in [-0.15, -0.1) is 0 Å². The first-order valence-electron chi connectivity index (χ1n) is 10.6. The summed E-state index contributed by atoms with van der Waals surface area (Å²) in [6.07, 6.45) is 3.60. The highest BCUT2D eigenvalue weighted by molar-refractivity contribution is 6.05. The highest BCUT2D eigenvalue weighted by Crippen LogP contribution is 2.19. The Morgan fingerprint density at radius 1 is 1.06 bits per heavy atom. The van der Waals surface area contributed by atoms with Crippen molar-refractivity contribution in [3.8, 4) is 0 Å². The summed E-state index contributed by atoms with van der Waals surface area (Å²) in [4.78, 5) is 25.0. The highest BCUT2D eigenvalue weighted by Gasteiger charge is 2.23. The number of nitrogens with one attached hydrogen (secondary N) is 2. The van der Waals surface area contributed by atoms with Crippen LogP contribution in [-0.4, -0.2) is 34.3 Å². The molecule has 0 bridgehead atoms. The number of aromatic nitrogens is 2. The average molecular weight is 418 g/mol. The third kappa shape index (κ3) is 5.00. The number of rotatable bonds is 7. The van der Waals surface area contributed by atoms with E-state index >= 15 is 0 Å². The Hall–Kier alpha value is -3.45. The summed E-state index contributed by atoms with van der Waals surface area (Å²) in [5.74, 6) is -0.333. The molecule has 1 aromatic heterocycles. The van der Waals surface area contributed by atoms with Crippen LogP contribution in [0.15, 0.2) is 60.8 Å². The zero-order chi connectivity index (χ0) is 21.6.